The second-order valence-electron chi connectivity index (χ2n) is 4.14. The molecule has 0 saturated carbocycles. The Morgan fingerprint density at radius 1 is 1.47 bits per heavy atom. The Bertz CT molecular complexity index is 387. The number of carbonyl (C=O) groups excluding carboxylic acids is 1. The fraction of sp³-hybridized carbons (Fsp3) is 0.462. The minimum absolute atomic E-state index is 0.0505. The molecule has 1 amide bonds. The van der Waals surface area contributed by atoms with Gasteiger partial charge in [0.25, 0.3) is 5.91 Å². The number of amides is 1. The lowest BCUT2D eigenvalue weighted by atomic mass is 10.1. The van der Waals surface area contributed by atoms with Crippen molar-refractivity contribution in [1.29, 1.82) is 0 Å². The van der Waals surface area contributed by atoms with Crippen LogP contribution in [0.15, 0.2) is 24.3 Å². The lowest BCUT2D eigenvalue weighted by Crippen LogP contribution is -2.32. The van der Waals surface area contributed by atoms with Gasteiger partial charge in [-0.05, 0) is 25.0 Å². The van der Waals surface area contributed by atoms with E-state index in [1.807, 2.05) is 31.3 Å². The zero-order chi connectivity index (χ0) is 12.1. The molecule has 1 aromatic rings. The number of anilines is 1. The maximum atomic E-state index is 12.0. The standard InChI is InChI=1S/C13H18N2O2/c1-14-12-7-3-2-6-11(12)13(16)15-9-10-5-4-8-17-10/h2-3,6-7,10,14H,4-5,8-9H2,1H3,(H,15,16). The topological polar surface area (TPSA) is 50.4 Å². The van der Waals surface area contributed by atoms with Gasteiger partial charge in [0.2, 0.25) is 0 Å². The molecule has 0 aliphatic carbocycles. The average molecular weight is 234 g/mol. The number of carbonyl (C=O) groups is 1. The van der Waals surface area contributed by atoms with E-state index in [0.29, 0.717) is 12.1 Å². The van der Waals surface area contributed by atoms with Gasteiger partial charge < -0.3 is 15.4 Å². The van der Waals surface area contributed by atoms with Gasteiger partial charge in [-0.2, -0.15) is 0 Å². The van der Waals surface area contributed by atoms with Gasteiger partial charge in [-0.25, -0.2) is 0 Å². The van der Waals surface area contributed by atoms with E-state index in [1.54, 1.807) is 0 Å². The summed E-state index contributed by atoms with van der Waals surface area (Å²) in [4.78, 5) is 12.0. The third-order valence-electron chi connectivity index (χ3n) is 2.96. The van der Waals surface area contributed by atoms with E-state index < -0.39 is 0 Å². The van der Waals surface area contributed by atoms with Gasteiger partial charge in [-0.1, -0.05) is 12.1 Å². The van der Waals surface area contributed by atoms with Crippen molar-refractivity contribution in [3.05, 3.63) is 29.8 Å². The smallest absolute Gasteiger partial charge is 0.253 e. The van der Waals surface area contributed by atoms with Crippen molar-refractivity contribution in [1.82, 2.24) is 5.32 Å². The highest BCUT2D eigenvalue weighted by Gasteiger charge is 2.17. The van der Waals surface area contributed by atoms with Crippen LogP contribution in [-0.2, 0) is 4.74 Å². The number of hydrogen-bond acceptors (Lipinski definition) is 3. The van der Waals surface area contributed by atoms with E-state index in [9.17, 15) is 4.79 Å². The fourth-order valence-electron chi connectivity index (χ4n) is 2.01. The number of benzene rings is 1. The molecule has 1 atom stereocenters. The van der Waals surface area contributed by atoms with Gasteiger partial charge in [-0.15, -0.1) is 0 Å². The molecule has 0 radical (unpaired) electrons. The van der Waals surface area contributed by atoms with E-state index in [1.165, 1.54) is 0 Å². The van der Waals surface area contributed by atoms with Crippen molar-refractivity contribution in [3.8, 4) is 0 Å². The van der Waals surface area contributed by atoms with Crippen molar-refractivity contribution in [2.45, 2.75) is 18.9 Å². The minimum Gasteiger partial charge on any atom is -0.387 e. The molecule has 1 aromatic carbocycles. The molecule has 1 saturated heterocycles. The van der Waals surface area contributed by atoms with Crippen LogP contribution in [-0.4, -0.2) is 32.2 Å². The third kappa shape index (κ3) is 2.97. The predicted molar refractivity (Wildman–Crippen MR) is 67.3 cm³/mol. The predicted octanol–water partition coefficient (Wildman–Crippen LogP) is 1.64. The molecule has 0 spiro atoms. The second-order valence-corrected chi connectivity index (χ2v) is 4.14. The Labute approximate surface area is 101 Å². The first-order valence-corrected chi connectivity index (χ1v) is 5.98. The molecule has 1 fully saturated rings. The average Bonchev–Trinajstić information content (AvgIpc) is 2.89. The monoisotopic (exact) mass is 234 g/mol. The Hall–Kier alpha value is -1.55. The Balaban J connectivity index is 1.94. The third-order valence-corrected chi connectivity index (χ3v) is 2.96. The molecular weight excluding hydrogens is 216 g/mol. The molecule has 4 nitrogen and oxygen atoms in total. The Kier molecular flexibility index (Phi) is 3.98. The van der Waals surface area contributed by atoms with Crippen molar-refractivity contribution in [2.75, 3.05) is 25.5 Å². The summed E-state index contributed by atoms with van der Waals surface area (Å²) >= 11 is 0. The number of para-hydroxylation sites is 1. The van der Waals surface area contributed by atoms with Gasteiger partial charge in [-0.3, -0.25) is 4.79 Å². The second kappa shape index (κ2) is 5.68. The quantitative estimate of drug-likeness (QED) is 0.832. The zero-order valence-electron chi connectivity index (χ0n) is 10.0. The van der Waals surface area contributed by atoms with E-state index in [-0.39, 0.29) is 12.0 Å². The van der Waals surface area contributed by atoms with Crippen LogP contribution < -0.4 is 10.6 Å². The van der Waals surface area contributed by atoms with Crippen LogP contribution in [0, 0.1) is 0 Å². The van der Waals surface area contributed by atoms with E-state index in [0.717, 1.165) is 25.1 Å². The fourth-order valence-corrected chi connectivity index (χ4v) is 2.01. The summed E-state index contributed by atoms with van der Waals surface area (Å²) in [6.07, 6.45) is 2.31. The minimum atomic E-state index is -0.0505. The Morgan fingerprint density at radius 3 is 3.00 bits per heavy atom. The number of rotatable bonds is 4. The first-order chi connectivity index (χ1) is 8.31. The molecule has 4 heteroatoms. The highest BCUT2D eigenvalue weighted by atomic mass is 16.5. The molecule has 1 heterocycles. The molecule has 2 N–H and O–H groups in total. The molecule has 0 aromatic heterocycles. The van der Waals surface area contributed by atoms with Crippen LogP contribution in [0.5, 0.6) is 0 Å². The van der Waals surface area contributed by atoms with E-state index in [2.05, 4.69) is 10.6 Å². The van der Waals surface area contributed by atoms with E-state index >= 15 is 0 Å². The van der Waals surface area contributed by atoms with Crippen LogP contribution in [0.2, 0.25) is 0 Å². The maximum absolute atomic E-state index is 12.0. The molecule has 0 bridgehead atoms. The SMILES string of the molecule is CNc1ccccc1C(=O)NCC1CCCO1. The van der Waals surface area contributed by atoms with Crippen molar-refractivity contribution in [2.24, 2.45) is 0 Å². The van der Waals surface area contributed by atoms with Crippen molar-refractivity contribution in [3.63, 3.8) is 0 Å². The first kappa shape index (κ1) is 11.9. The largest absolute Gasteiger partial charge is 0.387 e. The highest BCUT2D eigenvalue weighted by Crippen LogP contribution is 2.15. The summed E-state index contributed by atoms with van der Waals surface area (Å²) in [5.74, 6) is -0.0505. The summed E-state index contributed by atoms with van der Waals surface area (Å²) in [5, 5.41) is 5.92. The van der Waals surface area contributed by atoms with Crippen molar-refractivity contribution >= 4 is 11.6 Å². The molecule has 1 aliphatic heterocycles. The molecule has 17 heavy (non-hydrogen) atoms. The van der Waals surface area contributed by atoms with Gasteiger partial charge in [0, 0.05) is 25.9 Å². The van der Waals surface area contributed by atoms with Gasteiger partial charge in [0.1, 0.15) is 0 Å². The summed E-state index contributed by atoms with van der Waals surface area (Å²) in [5.41, 5.74) is 1.52. The lowest BCUT2D eigenvalue weighted by Gasteiger charge is -2.12. The van der Waals surface area contributed by atoms with Gasteiger partial charge >= 0.3 is 0 Å². The molecule has 1 aliphatic rings. The van der Waals surface area contributed by atoms with Gasteiger partial charge in [0.15, 0.2) is 0 Å². The highest BCUT2D eigenvalue weighted by molar-refractivity contribution is 5.99. The Morgan fingerprint density at radius 2 is 2.29 bits per heavy atom. The van der Waals surface area contributed by atoms with E-state index in [4.69, 9.17) is 4.74 Å². The molecule has 2 rings (SSSR count). The number of ether oxygens (including phenoxy) is 1. The zero-order valence-corrected chi connectivity index (χ0v) is 10.0. The molecule has 1 unspecified atom stereocenters. The first-order valence-electron chi connectivity index (χ1n) is 5.98. The van der Waals surface area contributed by atoms with Crippen LogP contribution in [0.1, 0.15) is 23.2 Å². The van der Waals surface area contributed by atoms with Crippen LogP contribution in [0.25, 0.3) is 0 Å². The van der Waals surface area contributed by atoms with Crippen LogP contribution in [0.4, 0.5) is 5.69 Å². The lowest BCUT2D eigenvalue weighted by molar-refractivity contribution is 0.0858. The summed E-state index contributed by atoms with van der Waals surface area (Å²) in [7, 11) is 1.81. The summed E-state index contributed by atoms with van der Waals surface area (Å²) in [6.45, 7) is 1.41. The maximum Gasteiger partial charge on any atom is 0.253 e. The molecule has 92 valence electrons. The normalized spacial score (nSPS) is 19.0. The van der Waals surface area contributed by atoms with Crippen molar-refractivity contribution < 1.29 is 9.53 Å². The summed E-state index contributed by atoms with van der Waals surface area (Å²) in [6, 6.07) is 7.47. The number of hydrogen-bond donors (Lipinski definition) is 2. The number of nitrogens with one attached hydrogen (secondary N) is 2. The van der Waals surface area contributed by atoms with Crippen LogP contribution in [0.3, 0.4) is 0 Å². The summed E-state index contributed by atoms with van der Waals surface area (Å²) < 4.78 is 5.47. The molecular formula is C13H18N2O2. The van der Waals surface area contributed by atoms with Crippen LogP contribution >= 0.6 is 0 Å². The van der Waals surface area contributed by atoms with Gasteiger partial charge in [0.05, 0.1) is 11.7 Å².